The molecule has 0 aliphatic heterocycles. The van der Waals surface area contributed by atoms with Crippen molar-refractivity contribution in [3.8, 4) is 12.1 Å². The van der Waals surface area contributed by atoms with E-state index in [1.807, 2.05) is 24.3 Å². The Balaban J connectivity index is 1.43. The second-order valence-electron chi connectivity index (χ2n) is 7.88. The van der Waals surface area contributed by atoms with Gasteiger partial charge in [0.15, 0.2) is 5.83 Å². The highest BCUT2D eigenvalue weighted by molar-refractivity contribution is 5.72. The summed E-state index contributed by atoms with van der Waals surface area (Å²) in [7, 11) is 0. The van der Waals surface area contributed by atoms with Gasteiger partial charge in [0, 0.05) is 0 Å². The molecule has 2 aliphatic rings. The molecule has 0 atom stereocenters. The van der Waals surface area contributed by atoms with Gasteiger partial charge in [-0.3, -0.25) is 4.79 Å². The molecule has 0 radical (unpaired) electrons. The summed E-state index contributed by atoms with van der Waals surface area (Å²) in [6.45, 7) is 0. The van der Waals surface area contributed by atoms with Gasteiger partial charge in [0.1, 0.15) is 12.2 Å². The summed E-state index contributed by atoms with van der Waals surface area (Å²) < 4.78 is 18.8. The average molecular weight is 380 g/mol. The predicted molar refractivity (Wildman–Crippen MR) is 102 cm³/mol. The summed E-state index contributed by atoms with van der Waals surface area (Å²) in [5.74, 6) is -0.451. The number of esters is 1. The van der Waals surface area contributed by atoms with E-state index in [0.29, 0.717) is 24.3 Å². The Hall–Kier alpha value is -2.66. The lowest BCUT2D eigenvalue weighted by molar-refractivity contribution is -0.157. The highest BCUT2D eigenvalue weighted by atomic mass is 19.1. The molecule has 0 spiro atoms. The molecule has 2 fully saturated rings. The smallest absolute Gasteiger partial charge is 0.309 e. The molecule has 0 N–H and O–H groups in total. The first kappa shape index (κ1) is 20.1. The molecule has 5 heteroatoms. The van der Waals surface area contributed by atoms with Crippen LogP contribution in [0.2, 0.25) is 0 Å². The van der Waals surface area contributed by atoms with Crippen molar-refractivity contribution in [1.29, 1.82) is 10.5 Å². The highest BCUT2D eigenvalue weighted by Gasteiger charge is 2.30. The van der Waals surface area contributed by atoms with Crippen LogP contribution < -0.4 is 0 Å². The number of nitriles is 2. The fourth-order valence-corrected chi connectivity index (χ4v) is 4.37. The Bertz CT molecular complexity index is 787. The molecule has 0 amide bonds. The summed E-state index contributed by atoms with van der Waals surface area (Å²) in [5.41, 5.74) is 1.92. The third kappa shape index (κ3) is 5.20. The summed E-state index contributed by atoms with van der Waals surface area (Å²) in [6.07, 6.45) is 7.88. The zero-order chi connectivity index (χ0) is 19.9. The van der Waals surface area contributed by atoms with Crippen molar-refractivity contribution in [2.24, 2.45) is 11.8 Å². The molecular weight excluding hydrogens is 355 g/mol. The lowest BCUT2D eigenvalue weighted by atomic mass is 9.81. The minimum atomic E-state index is -0.731. The van der Waals surface area contributed by atoms with Crippen LogP contribution in [0, 0.1) is 34.5 Å². The number of hydrogen-bond acceptors (Lipinski definition) is 4. The fraction of sp³-hybridized carbons (Fsp3) is 0.522. The van der Waals surface area contributed by atoms with E-state index in [2.05, 4.69) is 6.07 Å². The third-order valence-electron chi connectivity index (χ3n) is 6.06. The molecule has 0 aromatic heterocycles. The number of rotatable bonds is 4. The number of allylic oxidation sites excluding steroid dienone is 2. The minimum Gasteiger partial charge on any atom is -0.462 e. The molecule has 3 rings (SSSR count). The van der Waals surface area contributed by atoms with Crippen LogP contribution in [0.3, 0.4) is 0 Å². The summed E-state index contributed by atoms with van der Waals surface area (Å²) in [6, 6.07) is 11.4. The average Bonchev–Trinajstić information content (AvgIpc) is 2.74. The van der Waals surface area contributed by atoms with Gasteiger partial charge in [0.2, 0.25) is 0 Å². The van der Waals surface area contributed by atoms with Gasteiger partial charge >= 0.3 is 5.97 Å². The molecule has 1 aromatic rings. The molecule has 2 saturated carbocycles. The molecule has 146 valence electrons. The Morgan fingerprint density at radius 1 is 1.00 bits per heavy atom. The number of ether oxygens (including phenoxy) is 1. The molecule has 2 aliphatic carbocycles. The number of nitrogens with zero attached hydrogens (tertiary/aromatic N) is 2. The maximum atomic E-state index is 13.1. The van der Waals surface area contributed by atoms with Gasteiger partial charge in [-0.1, -0.05) is 12.1 Å². The van der Waals surface area contributed by atoms with E-state index in [1.54, 1.807) is 0 Å². The molecule has 0 heterocycles. The largest absolute Gasteiger partial charge is 0.462 e. The van der Waals surface area contributed by atoms with E-state index in [0.717, 1.165) is 38.5 Å². The zero-order valence-electron chi connectivity index (χ0n) is 15.9. The Morgan fingerprint density at radius 3 is 2.21 bits per heavy atom. The van der Waals surface area contributed by atoms with E-state index in [9.17, 15) is 9.18 Å². The van der Waals surface area contributed by atoms with Gasteiger partial charge < -0.3 is 4.74 Å². The van der Waals surface area contributed by atoms with Gasteiger partial charge in [-0.25, -0.2) is 0 Å². The van der Waals surface area contributed by atoms with E-state index < -0.39 is 5.83 Å². The molecule has 4 nitrogen and oxygen atoms in total. The molecule has 0 unspecified atom stereocenters. The maximum absolute atomic E-state index is 13.1. The van der Waals surface area contributed by atoms with Gasteiger partial charge in [-0.2, -0.15) is 14.9 Å². The third-order valence-corrected chi connectivity index (χ3v) is 6.06. The van der Waals surface area contributed by atoms with Gasteiger partial charge in [-0.05, 0) is 87.0 Å². The van der Waals surface area contributed by atoms with Crippen LogP contribution in [-0.2, 0) is 9.53 Å². The van der Waals surface area contributed by atoms with Gasteiger partial charge in [0.25, 0.3) is 0 Å². The van der Waals surface area contributed by atoms with E-state index in [1.165, 1.54) is 17.7 Å². The fourth-order valence-electron chi connectivity index (χ4n) is 4.37. The zero-order valence-corrected chi connectivity index (χ0v) is 15.9. The van der Waals surface area contributed by atoms with E-state index in [-0.39, 0.29) is 23.9 Å². The summed E-state index contributed by atoms with van der Waals surface area (Å²) >= 11 is 0. The van der Waals surface area contributed by atoms with Crippen LogP contribution in [0.25, 0.3) is 0 Å². The standard InChI is InChI=1S/C23H25FN2O2/c24-21(15-26)13-16-1-7-20(8-2-16)23(27)28-22-11-9-19(10-12-22)18-5-3-17(14-25)4-6-18/h3-6,13,16,19-20,22H,1-2,7-12H2/b21-13+. The second kappa shape index (κ2) is 9.51. The van der Waals surface area contributed by atoms with Crippen LogP contribution in [0.4, 0.5) is 4.39 Å². The second-order valence-corrected chi connectivity index (χ2v) is 7.88. The lowest BCUT2D eigenvalue weighted by Gasteiger charge is -2.31. The van der Waals surface area contributed by atoms with E-state index >= 15 is 0 Å². The van der Waals surface area contributed by atoms with Crippen molar-refractivity contribution in [2.45, 2.75) is 63.4 Å². The van der Waals surface area contributed by atoms with Crippen LogP contribution in [0.5, 0.6) is 0 Å². The Labute approximate surface area is 165 Å². The first-order valence-electron chi connectivity index (χ1n) is 10.1. The topological polar surface area (TPSA) is 73.9 Å². The summed E-state index contributed by atoms with van der Waals surface area (Å²) in [4.78, 5) is 12.5. The summed E-state index contributed by atoms with van der Waals surface area (Å²) in [5, 5.41) is 17.4. The van der Waals surface area contributed by atoms with Crippen molar-refractivity contribution < 1.29 is 13.9 Å². The monoisotopic (exact) mass is 380 g/mol. The number of carbonyl (C=O) groups excluding carboxylic acids is 1. The highest BCUT2D eigenvalue weighted by Crippen LogP contribution is 2.36. The van der Waals surface area contributed by atoms with Crippen LogP contribution in [0.1, 0.15) is 68.4 Å². The van der Waals surface area contributed by atoms with E-state index in [4.69, 9.17) is 15.3 Å². The number of benzene rings is 1. The molecular formula is C23H25FN2O2. The molecule has 0 bridgehead atoms. The van der Waals surface area contributed by atoms with Gasteiger partial charge in [-0.15, -0.1) is 0 Å². The van der Waals surface area contributed by atoms with Crippen molar-refractivity contribution in [2.75, 3.05) is 0 Å². The van der Waals surface area contributed by atoms with Crippen LogP contribution in [-0.4, -0.2) is 12.1 Å². The molecule has 28 heavy (non-hydrogen) atoms. The van der Waals surface area contributed by atoms with Gasteiger partial charge in [0.05, 0.1) is 17.6 Å². The molecule has 1 aromatic carbocycles. The minimum absolute atomic E-state index is 0.0178. The van der Waals surface area contributed by atoms with Crippen molar-refractivity contribution >= 4 is 5.97 Å². The number of hydrogen-bond donors (Lipinski definition) is 0. The Kier molecular flexibility index (Phi) is 6.82. The number of carbonyl (C=O) groups is 1. The maximum Gasteiger partial charge on any atom is 0.309 e. The predicted octanol–water partition coefficient (Wildman–Crippen LogP) is 5.31. The number of halogens is 1. The van der Waals surface area contributed by atoms with Crippen LogP contribution in [0.15, 0.2) is 36.2 Å². The van der Waals surface area contributed by atoms with Crippen molar-refractivity contribution in [3.05, 3.63) is 47.3 Å². The first-order valence-corrected chi connectivity index (χ1v) is 10.1. The lowest BCUT2D eigenvalue weighted by Crippen LogP contribution is -2.29. The SMILES string of the molecule is N#C/C(F)=C\C1CCC(C(=O)OC2CCC(c3ccc(C#N)cc3)CC2)CC1. The quantitative estimate of drug-likeness (QED) is 0.524. The van der Waals surface area contributed by atoms with Crippen molar-refractivity contribution in [1.82, 2.24) is 0 Å². The van der Waals surface area contributed by atoms with Crippen molar-refractivity contribution in [3.63, 3.8) is 0 Å². The first-order chi connectivity index (χ1) is 13.6. The molecule has 0 saturated heterocycles. The van der Waals surface area contributed by atoms with Crippen LogP contribution >= 0.6 is 0 Å². The Morgan fingerprint density at radius 2 is 1.64 bits per heavy atom. The normalized spacial score (nSPS) is 28.0.